The van der Waals surface area contributed by atoms with Gasteiger partial charge >= 0.3 is 6.09 Å². The summed E-state index contributed by atoms with van der Waals surface area (Å²) in [5, 5.41) is 15.8. The quantitative estimate of drug-likeness (QED) is 0.225. The largest absolute Gasteiger partial charge is 0.444 e. The van der Waals surface area contributed by atoms with Gasteiger partial charge in [0.15, 0.2) is 5.82 Å². The molecule has 1 atom stereocenters. The molecule has 3 aromatic rings. The summed E-state index contributed by atoms with van der Waals surface area (Å²) in [6.07, 6.45) is 9.22. The summed E-state index contributed by atoms with van der Waals surface area (Å²) < 4.78 is 10.00. The van der Waals surface area contributed by atoms with E-state index in [0.717, 1.165) is 84.0 Å². The van der Waals surface area contributed by atoms with Gasteiger partial charge in [0.25, 0.3) is 0 Å². The Bertz CT molecular complexity index is 1580. The van der Waals surface area contributed by atoms with E-state index in [-0.39, 0.29) is 17.0 Å². The van der Waals surface area contributed by atoms with Gasteiger partial charge in [-0.2, -0.15) is 10.2 Å². The molecule has 2 saturated carbocycles. The molecular formula is C31H42ClIN7O2P. The molecule has 2 aliphatic heterocycles. The van der Waals surface area contributed by atoms with E-state index in [0.29, 0.717) is 12.4 Å². The molecule has 1 unspecified atom stereocenters. The van der Waals surface area contributed by atoms with E-state index in [4.69, 9.17) is 26.5 Å². The number of nitrogens with zero attached hydrogens (tertiary/aromatic N) is 6. The Labute approximate surface area is 273 Å². The lowest BCUT2D eigenvalue weighted by Gasteiger charge is -2.58. The first-order chi connectivity index (χ1) is 20.4. The number of rotatable bonds is 4. The number of anilines is 1. The minimum atomic E-state index is -0.474. The fraction of sp³-hybridized carbons (Fsp3) is 0.645. The van der Waals surface area contributed by atoms with E-state index in [2.05, 4.69) is 61.3 Å². The Morgan fingerprint density at radius 1 is 1.19 bits per heavy atom. The molecule has 2 saturated heterocycles. The Morgan fingerprint density at radius 3 is 2.58 bits per heavy atom. The number of halogens is 2. The average Bonchev–Trinajstić information content (AvgIpc) is 3.61. The summed E-state index contributed by atoms with van der Waals surface area (Å²) in [4.78, 5) is 17.1. The summed E-state index contributed by atoms with van der Waals surface area (Å²) >= 11 is 9.64. The first kappa shape index (κ1) is 30.1. The summed E-state index contributed by atoms with van der Waals surface area (Å²) in [7, 11) is 0. The number of carbonyl (C=O) groups excluding carboxylic acids is 1. The lowest BCUT2D eigenvalue weighted by atomic mass is 9.61. The normalized spacial score (nSPS) is 21.8. The van der Waals surface area contributed by atoms with Crippen molar-refractivity contribution in [3.05, 3.63) is 28.5 Å². The van der Waals surface area contributed by atoms with Crippen LogP contribution in [0.1, 0.15) is 76.6 Å². The number of aromatic nitrogens is 4. The van der Waals surface area contributed by atoms with Crippen molar-refractivity contribution in [2.75, 3.05) is 37.6 Å². The van der Waals surface area contributed by atoms with Crippen molar-refractivity contribution in [1.29, 1.82) is 0 Å². The van der Waals surface area contributed by atoms with E-state index in [1.165, 1.54) is 31.4 Å². The number of hydrogen-bond acceptors (Lipinski definition) is 6. The molecule has 9 nitrogen and oxygen atoms in total. The SMILES string of the molecule is Cc1cc2c(cnn2PI)c(-c2c(N3CCNCC34CCCC4)nn(C3CC4(C3)CN(C(=O)OC(C)(C)C)C4)c2C)c1Cl. The fourth-order valence-corrected chi connectivity index (χ4v) is 9.95. The topological polar surface area (TPSA) is 80.5 Å². The molecule has 1 aromatic carbocycles. The summed E-state index contributed by atoms with van der Waals surface area (Å²) in [6.45, 7) is 14.5. The van der Waals surface area contributed by atoms with Gasteiger partial charge in [-0.05, 0) is 94.0 Å². The van der Waals surface area contributed by atoms with E-state index in [9.17, 15) is 4.79 Å². The molecule has 4 heterocycles. The molecular weight excluding hydrogens is 696 g/mol. The van der Waals surface area contributed by atoms with Crippen LogP contribution in [0, 0.1) is 19.3 Å². The van der Waals surface area contributed by atoms with E-state index < -0.39 is 5.60 Å². The minimum Gasteiger partial charge on any atom is -0.444 e. The first-order valence-corrected chi connectivity index (χ1v) is 20.0. The van der Waals surface area contributed by atoms with Crippen LogP contribution >= 0.6 is 40.0 Å². The van der Waals surface area contributed by atoms with Crippen LogP contribution in [0.2, 0.25) is 5.02 Å². The van der Waals surface area contributed by atoms with Gasteiger partial charge in [0.05, 0.1) is 34.7 Å². The Balaban J connectivity index is 1.28. The highest BCUT2D eigenvalue weighted by Crippen LogP contribution is 2.56. The molecule has 1 N–H and O–H groups in total. The van der Waals surface area contributed by atoms with Gasteiger partial charge in [-0.3, -0.25) is 4.68 Å². The van der Waals surface area contributed by atoms with Gasteiger partial charge in [-0.15, -0.1) is 0 Å². The Morgan fingerprint density at radius 2 is 1.91 bits per heavy atom. The molecule has 0 bridgehead atoms. The molecule has 4 aliphatic rings. The third-order valence-electron chi connectivity index (χ3n) is 10.2. The van der Waals surface area contributed by atoms with Gasteiger partial charge in [-0.25, -0.2) is 9.25 Å². The molecule has 7 rings (SSSR count). The Hall–Kier alpha value is -1.62. The van der Waals surface area contributed by atoms with Gasteiger partial charge in [0, 0.05) is 60.3 Å². The standard InChI is InChI=1S/C31H42ClIN7O2P/c1-19-12-23-22(15-35-40(23)43-33)25(26(19)32)24-20(2)39(36-27(24)38-11-10-34-16-31(38)8-6-7-9-31)21-13-30(14-21)17-37(18-30)28(41)42-29(3,4)5/h12,15,21,34,43H,6-11,13-14,16-18H2,1-5H3. The maximum Gasteiger partial charge on any atom is 0.410 e. The highest BCUT2D eigenvalue weighted by molar-refractivity contribution is 14.2. The van der Waals surface area contributed by atoms with Crippen molar-refractivity contribution in [3.8, 4) is 11.1 Å². The first-order valence-electron chi connectivity index (χ1n) is 15.5. The molecule has 232 valence electrons. The smallest absolute Gasteiger partial charge is 0.410 e. The number of amides is 1. The number of aryl methyl sites for hydroxylation is 1. The number of ether oxygens (including phenoxy) is 1. The van der Waals surface area contributed by atoms with Crippen LogP contribution in [0.3, 0.4) is 0 Å². The zero-order chi connectivity index (χ0) is 30.3. The third-order valence-corrected chi connectivity index (χ3v) is 12.5. The maximum absolute atomic E-state index is 12.6. The highest BCUT2D eigenvalue weighted by Gasteiger charge is 2.56. The van der Waals surface area contributed by atoms with Crippen LogP contribution in [0.4, 0.5) is 10.6 Å². The molecule has 2 aliphatic carbocycles. The van der Waals surface area contributed by atoms with Crippen LogP contribution in [0.5, 0.6) is 0 Å². The van der Waals surface area contributed by atoms with Crippen LogP contribution in [-0.2, 0) is 4.74 Å². The zero-order valence-electron chi connectivity index (χ0n) is 25.8. The molecule has 12 heteroatoms. The number of carbonyl (C=O) groups is 1. The molecule has 2 aromatic heterocycles. The number of hydrogen-bond donors (Lipinski definition) is 1. The molecule has 0 radical (unpaired) electrons. The second-order valence-corrected chi connectivity index (χ2v) is 16.8. The summed E-state index contributed by atoms with van der Waals surface area (Å²) in [6, 6.07) is 2.47. The minimum absolute atomic E-state index is 0.0878. The van der Waals surface area contributed by atoms with E-state index in [1.807, 2.05) is 31.9 Å². The monoisotopic (exact) mass is 737 g/mol. The van der Waals surface area contributed by atoms with Crippen LogP contribution in [0.25, 0.3) is 22.0 Å². The number of fused-ring (bicyclic) bond motifs is 1. The average molecular weight is 738 g/mol. The second-order valence-electron chi connectivity index (χ2n) is 14.3. The fourth-order valence-electron chi connectivity index (χ4n) is 8.17. The van der Waals surface area contributed by atoms with Crippen molar-refractivity contribution in [2.45, 2.75) is 90.3 Å². The number of piperazine rings is 1. The summed E-state index contributed by atoms with van der Waals surface area (Å²) in [5.41, 5.74) is 5.36. The van der Waals surface area contributed by atoms with Crippen molar-refractivity contribution in [1.82, 2.24) is 29.5 Å². The van der Waals surface area contributed by atoms with Crippen molar-refractivity contribution < 1.29 is 9.53 Å². The molecule has 4 fully saturated rings. The lowest BCUT2D eigenvalue weighted by Crippen LogP contribution is -2.64. The van der Waals surface area contributed by atoms with E-state index in [1.54, 1.807) is 0 Å². The van der Waals surface area contributed by atoms with Gasteiger partial charge in [0.2, 0.25) is 0 Å². The third kappa shape index (κ3) is 4.97. The summed E-state index contributed by atoms with van der Waals surface area (Å²) in [5.74, 6) is 1.07. The lowest BCUT2D eigenvalue weighted by molar-refractivity contribution is -0.0930. The Kier molecular flexibility index (Phi) is 7.50. The van der Waals surface area contributed by atoms with Gasteiger partial charge < -0.3 is 19.9 Å². The maximum atomic E-state index is 12.6. The number of benzene rings is 1. The predicted octanol–water partition coefficient (Wildman–Crippen LogP) is 7.26. The molecule has 2 spiro atoms. The zero-order valence-corrected chi connectivity index (χ0v) is 29.7. The van der Waals surface area contributed by atoms with E-state index >= 15 is 0 Å². The molecule has 43 heavy (non-hydrogen) atoms. The van der Waals surface area contributed by atoms with Crippen molar-refractivity contribution >= 4 is 62.8 Å². The van der Waals surface area contributed by atoms with Gasteiger partial charge in [-0.1, -0.05) is 24.4 Å². The van der Waals surface area contributed by atoms with Crippen LogP contribution < -0.4 is 10.2 Å². The predicted molar refractivity (Wildman–Crippen MR) is 183 cm³/mol. The van der Waals surface area contributed by atoms with Crippen molar-refractivity contribution in [2.24, 2.45) is 5.41 Å². The van der Waals surface area contributed by atoms with Crippen molar-refractivity contribution in [3.63, 3.8) is 0 Å². The van der Waals surface area contributed by atoms with Crippen LogP contribution in [-0.4, -0.2) is 74.2 Å². The highest BCUT2D eigenvalue weighted by atomic mass is 127. The molecule has 1 amide bonds. The number of likely N-dealkylation sites (tertiary alicyclic amines) is 1. The number of nitrogens with one attached hydrogen (secondary N) is 1. The van der Waals surface area contributed by atoms with Crippen LogP contribution in [0.15, 0.2) is 12.3 Å². The second kappa shape index (κ2) is 10.7. The van der Waals surface area contributed by atoms with Gasteiger partial charge in [0.1, 0.15) is 5.60 Å².